The van der Waals surface area contributed by atoms with Crippen molar-refractivity contribution in [1.29, 1.82) is 0 Å². The molecule has 0 amide bonds. The Morgan fingerprint density at radius 1 is 0.929 bits per heavy atom. The van der Waals surface area contributed by atoms with E-state index >= 15 is 0 Å². The highest BCUT2D eigenvalue weighted by Crippen LogP contribution is 2.35. The Hall–Kier alpha value is -0.210. The maximum atomic E-state index is 6.01. The molecule has 2 rings (SSSR count). The van der Waals surface area contributed by atoms with E-state index < -0.39 is 0 Å². The van der Waals surface area contributed by atoms with E-state index in [-0.39, 0.29) is 0 Å². The lowest BCUT2D eigenvalue weighted by Gasteiger charge is -2.01. The van der Waals surface area contributed by atoms with Gasteiger partial charge in [-0.1, -0.05) is 34.8 Å². The van der Waals surface area contributed by atoms with Crippen LogP contribution in [0.2, 0.25) is 14.4 Å². The lowest BCUT2D eigenvalue weighted by atomic mass is 10.1. The molecular formula is C10H5Cl3S. The van der Waals surface area contributed by atoms with E-state index in [9.17, 15) is 0 Å². The molecule has 0 aliphatic carbocycles. The Labute approximate surface area is 101 Å². The highest BCUT2D eigenvalue weighted by molar-refractivity contribution is 7.15. The van der Waals surface area contributed by atoms with Crippen LogP contribution in [0, 0.1) is 0 Å². The van der Waals surface area contributed by atoms with Crippen molar-refractivity contribution >= 4 is 46.1 Å². The smallest absolute Gasteiger partial charge is 0.101 e. The normalized spacial score (nSPS) is 10.5. The molecule has 14 heavy (non-hydrogen) atoms. The maximum Gasteiger partial charge on any atom is 0.101 e. The second-order valence-corrected chi connectivity index (χ2v) is 5.16. The fourth-order valence-electron chi connectivity index (χ4n) is 1.21. The third kappa shape index (κ3) is 2.06. The van der Waals surface area contributed by atoms with Gasteiger partial charge in [0.25, 0.3) is 0 Å². The zero-order chi connectivity index (χ0) is 10.1. The molecule has 2 aromatic rings. The summed E-state index contributed by atoms with van der Waals surface area (Å²) in [6.45, 7) is 0. The average molecular weight is 264 g/mol. The summed E-state index contributed by atoms with van der Waals surface area (Å²) in [5, 5.41) is 3.18. The average Bonchev–Trinajstić information content (AvgIpc) is 2.49. The summed E-state index contributed by atoms with van der Waals surface area (Å²) in [5.74, 6) is 0. The summed E-state index contributed by atoms with van der Waals surface area (Å²) in [5.41, 5.74) is 1.93. The quantitative estimate of drug-likeness (QED) is 0.648. The first-order valence-electron chi connectivity index (χ1n) is 3.86. The SMILES string of the molecule is Clc1cc(Cl)cc(-c2ccsc2Cl)c1. The largest absolute Gasteiger partial charge is 0.131 e. The highest BCUT2D eigenvalue weighted by Gasteiger charge is 2.06. The van der Waals surface area contributed by atoms with Crippen LogP contribution < -0.4 is 0 Å². The van der Waals surface area contributed by atoms with Gasteiger partial charge in [0.2, 0.25) is 0 Å². The van der Waals surface area contributed by atoms with Gasteiger partial charge in [-0.2, -0.15) is 0 Å². The van der Waals surface area contributed by atoms with E-state index in [0.29, 0.717) is 10.0 Å². The standard InChI is InChI=1S/C10H5Cl3S/c11-7-3-6(4-8(12)5-7)9-1-2-14-10(9)13/h1-5H. The molecule has 72 valence electrons. The molecule has 1 heterocycles. The molecule has 0 aliphatic heterocycles. The van der Waals surface area contributed by atoms with Crippen molar-refractivity contribution in [2.24, 2.45) is 0 Å². The van der Waals surface area contributed by atoms with Crippen LogP contribution in [0.3, 0.4) is 0 Å². The molecule has 0 saturated heterocycles. The minimum Gasteiger partial charge on any atom is -0.131 e. The third-order valence-electron chi connectivity index (χ3n) is 1.79. The predicted octanol–water partition coefficient (Wildman–Crippen LogP) is 5.38. The molecule has 0 nitrogen and oxygen atoms in total. The summed E-state index contributed by atoms with van der Waals surface area (Å²) in [6, 6.07) is 7.35. The Morgan fingerprint density at radius 2 is 1.57 bits per heavy atom. The van der Waals surface area contributed by atoms with Gasteiger partial charge in [0.05, 0.1) is 0 Å². The third-order valence-corrected chi connectivity index (χ3v) is 3.40. The monoisotopic (exact) mass is 262 g/mol. The molecule has 0 unspecified atom stereocenters. The second-order valence-electron chi connectivity index (χ2n) is 2.77. The molecule has 0 bridgehead atoms. The summed E-state index contributed by atoms with van der Waals surface area (Å²) >= 11 is 19.3. The van der Waals surface area contributed by atoms with Gasteiger partial charge in [-0.3, -0.25) is 0 Å². The molecule has 0 aliphatic rings. The number of benzene rings is 1. The van der Waals surface area contributed by atoms with Gasteiger partial charge in [0.1, 0.15) is 4.34 Å². The molecule has 0 fully saturated rings. The first-order chi connectivity index (χ1) is 6.66. The van der Waals surface area contributed by atoms with E-state index in [2.05, 4.69) is 0 Å². The van der Waals surface area contributed by atoms with Gasteiger partial charge in [0.15, 0.2) is 0 Å². The van der Waals surface area contributed by atoms with Crippen LogP contribution in [0.1, 0.15) is 0 Å². The van der Waals surface area contributed by atoms with E-state index in [1.165, 1.54) is 11.3 Å². The molecule has 0 atom stereocenters. The molecular weight excluding hydrogens is 259 g/mol. The van der Waals surface area contributed by atoms with Crippen LogP contribution in [-0.2, 0) is 0 Å². The fourth-order valence-corrected chi connectivity index (χ4v) is 2.70. The van der Waals surface area contributed by atoms with Gasteiger partial charge in [-0.25, -0.2) is 0 Å². The van der Waals surface area contributed by atoms with Gasteiger partial charge in [-0.15, -0.1) is 11.3 Å². The first kappa shape index (κ1) is 10.3. The van der Waals surface area contributed by atoms with Gasteiger partial charge in [-0.05, 0) is 35.2 Å². The molecule has 0 spiro atoms. The zero-order valence-electron chi connectivity index (χ0n) is 6.93. The maximum absolute atomic E-state index is 6.01. The van der Waals surface area contributed by atoms with E-state index in [0.717, 1.165) is 15.5 Å². The van der Waals surface area contributed by atoms with Crippen molar-refractivity contribution in [3.8, 4) is 11.1 Å². The molecule has 4 heteroatoms. The molecule has 0 saturated carbocycles. The van der Waals surface area contributed by atoms with Crippen LogP contribution >= 0.6 is 46.1 Å². The van der Waals surface area contributed by atoms with Crippen molar-refractivity contribution in [3.63, 3.8) is 0 Å². The summed E-state index contributed by atoms with van der Waals surface area (Å²) in [4.78, 5) is 0. The molecule has 0 N–H and O–H groups in total. The number of thiophene rings is 1. The van der Waals surface area contributed by atoms with Crippen molar-refractivity contribution in [2.75, 3.05) is 0 Å². The number of rotatable bonds is 1. The molecule has 0 radical (unpaired) electrons. The predicted molar refractivity (Wildman–Crippen MR) is 64.8 cm³/mol. The van der Waals surface area contributed by atoms with E-state index in [1.54, 1.807) is 6.07 Å². The molecule has 1 aromatic heterocycles. The van der Waals surface area contributed by atoms with Crippen molar-refractivity contribution in [1.82, 2.24) is 0 Å². The number of hydrogen-bond donors (Lipinski definition) is 0. The topological polar surface area (TPSA) is 0 Å². The van der Waals surface area contributed by atoms with E-state index in [4.69, 9.17) is 34.8 Å². The second kappa shape index (κ2) is 4.11. The van der Waals surface area contributed by atoms with Crippen molar-refractivity contribution in [2.45, 2.75) is 0 Å². The van der Waals surface area contributed by atoms with Crippen molar-refractivity contribution in [3.05, 3.63) is 44.0 Å². The minimum absolute atomic E-state index is 0.620. The fraction of sp³-hybridized carbons (Fsp3) is 0. The summed E-state index contributed by atoms with van der Waals surface area (Å²) < 4.78 is 0.753. The Bertz CT molecular complexity index is 442. The summed E-state index contributed by atoms with van der Waals surface area (Å²) in [6.07, 6.45) is 0. The van der Waals surface area contributed by atoms with Crippen LogP contribution in [0.5, 0.6) is 0 Å². The van der Waals surface area contributed by atoms with Crippen molar-refractivity contribution < 1.29 is 0 Å². The zero-order valence-corrected chi connectivity index (χ0v) is 10.0. The van der Waals surface area contributed by atoms with Gasteiger partial charge < -0.3 is 0 Å². The van der Waals surface area contributed by atoms with Crippen LogP contribution in [-0.4, -0.2) is 0 Å². The lowest BCUT2D eigenvalue weighted by molar-refractivity contribution is 1.67. The molecule has 1 aromatic carbocycles. The van der Waals surface area contributed by atoms with E-state index in [1.807, 2.05) is 23.6 Å². The summed E-state index contributed by atoms with van der Waals surface area (Å²) in [7, 11) is 0. The Kier molecular flexibility index (Phi) is 3.03. The highest BCUT2D eigenvalue weighted by atomic mass is 35.5. The van der Waals surface area contributed by atoms with Crippen LogP contribution in [0.25, 0.3) is 11.1 Å². The Balaban J connectivity index is 2.57. The number of hydrogen-bond acceptors (Lipinski definition) is 1. The first-order valence-corrected chi connectivity index (χ1v) is 5.87. The van der Waals surface area contributed by atoms with Crippen LogP contribution in [0.4, 0.5) is 0 Å². The minimum atomic E-state index is 0.620. The van der Waals surface area contributed by atoms with Crippen LogP contribution in [0.15, 0.2) is 29.6 Å². The van der Waals surface area contributed by atoms with Gasteiger partial charge >= 0.3 is 0 Å². The lowest BCUT2D eigenvalue weighted by Crippen LogP contribution is -1.75. The number of halogens is 3. The Morgan fingerprint density at radius 3 is 2.07 bits per heavy atom. The van der Waals surface area contributed by atoms with Gasteiger partial charge in [0, 0.05) is 15.6 Å².